The van der Waals surface area contributed by atoms with E-state index in [0.717, 1.165) is 56.6 Å². The van der Waals surface area contributed by atoms with Crippen LogP contribution in [0.5, 0.6) is 0 Å². The van der Waals surface area contributed by atoms with E-state index in [1.54, 1.807) is 0 Å². The maximum absolute atomic E-state index is 6.45. The van der Waals surface area contributed by atoms with E-state index in [1.807, 2.05) is 0 Å². The lowest BCUT2D eigenvalue weighted by molar-refractivity contribution is 0.669. The molecule has 0 aliphatic heterocycles. The minimum Gasteiger partial charge on any atom is -0.456 e. The fourth-order valence-corrected chi connectivity index (χ4v) is 9.56. The summed E-state index contributed by atoms with van der Waals surface area (Å²) in [5.74, 6) is 0.250. The molecule has 11 aromatic rings. The molecule has 1 atom stereocenters. The largest absolute Gasteiger partial charge is 0.456 e. The molecule has 0 saturated heterocycles. The van der Waals surface area contributed by atoms with Crippen molar-refractivity contribution < 1.29 is 4.42 Å². The lowest BCUT2D eigenvalue weighted by atomic mass is 9.85. The van der Waals surface area contributed by atoms with Crippen LogP contribution in [0.25, 0.3) is 86.9 Å². The number of rotatable bonds is 5. The Kier molecular flexibility index (Phi) is 7.39. The van der Waals surface area contributed by atoms with Gasteiger partial charge in [-0.05, 0) is 115 Å². The molecule has 0 fully saturated rings. The second-order valence-corrected chi connectivity index (χ2v) is 15.6. The third kappa shape index (κ3) is 5.19. The van der Waals surface area contributed by atoms with Gasteiger partial charge in [0.05, 0.1) is 11.4 Å². The number of para-hydroxylation sites is 1. The van der Waals surface area contributed by atoms with Gasteiger partial charge in [-0.15, -0.1) is 0 Å². The lowest BCUT2D eigenvalue weighted by Gasteiger charge is -2.32. The second kappa shape index (κ2) is 13.1. The smallest absolute Gasteiger partial charge is 0.136 e. The number of hydrogen-bond donors (Lipinski definition) is 0. The first kappa shape index (κ1) is 32.8. The van der Waals surface area contributed by atoms with Crippen LogP contribution < -0.4 is 4.90 Å². The molecular weight excluding hydrogens is 703 g/mol. The molecule has 2 nitrogen and oxygen atoms in total. The van der Waals surface area contributed by atoms with Crippen LogP contribution in [0.2, 0.25) is 0 Å². The molecule has 1 aromatic heterocycles. The Balaban J connectivity index is 1.03. The van der Waals surface area contributed by atoms with Gasteiger partial charge in [-0.1, -0.05) is 158 Å². The maximum Gasteiger partial charge on any atom is 0.136 e. The maximum atomic E-state index is 6.45. The normalized spacial score (nSPS) is 14.3. The van der Waals surface area contributed by atoms with Gasteiger partial charge in [-0.2, -0.15) is 0 Å². The molecule has 1 unspecified atom stereocenters. The predicted octanol–water partition coefficient (Wildman–Crippen LogP) is 15.8. The minimum absolute atomic E-state index is 0.250. The number of furan rings is 1. The summed E-state index contributed by atoms with van der Waals surface area (Å²) < 4.78 is 6.45. The molecule has 1 aliphatic carbocycles. The number of hydrogen-bond acceptors (Lipinski definition) is 2. The molecule has 0 bridgehead atoms. The molecule has 0 saturated carbocycles. The molecule has 2 heteroatoms. The van der Waals surface area contributed by atoms with Gasteiger partial charge in [0.2, 0.25) is 0 Å². The topological polar surface area (TPSA) is 16.4 Å². The lowest BCUT2D eigenvalue weighted by Crippen LogP contribution is -2.18. The fourth-order valence-electron chi connectivity index (χ4n) is 9.56. The van der Waals surface area contributed by atoms with Gasteiger partial charge < -0.3 is 9.32 Å². The van der Waals surface area contributed by atoms with Crippen molar-refractivity contribution >= 4 is 87.2 Å². The van der Waals surface area contributed by atoms with Gasteiger partial charge in [0.25, 0.3) is 0 Å². The van der Waals surface area contributed by atoms with E-state index in [-0.39, 0.29) is 5.92 Å². The van der Waals surface area contributed by atoms with Crippen LogP contribution in [0.15, 0.2) is 216 Å². The summed E-state index contributed by atoms with van der Waals surface area (Å²) in [5.41, 5.74) is 8.94. The first-order valence-electron chi connectivity index (χ1n) is 20.2. The van der Waals surface area contributed by atoms with Crippen LogP contribution in [-0.4, -0.2) is 0 Å². The molecule has 12 rings (SSSR count). The Labute approximate surface area is 336 Å². The quantitative estimate of drug-likeness (QED) is 0.163. The molecule has 0 N–H and O–H groups in total. The van der Waals surface area contributed by atoms with Crippen LogP contribution in [0, 0.1) is 0 Å². The van der Waals surface area contributed by atoms with Crippen LogP contribution in [0.1, 0.15) is 17.9 Å². The van der Waals surface area contributed by atoms with Gasteiger partial charge in [-0.25, -0.2) is 0 Å². The van der Waals surface area contributed by atoms with Gasteiger partial charge in [-0.3, -0.25) is 0 Å². The zero-order valence-electron chi connectivity index (χ0n) is 31.8. The van der Waals surface area contributed by atoms with Crippen molar-refractivity contribution in [2.45, 2.75) is 12.3 Å². The van der Waals surface area contributed by atoms with E-state index in [0.29, 0.717) is 0 Å². The van der Waals surface area contributed by atoms with Crippen LogP contribution >= 0.6 is 0 Å². The van der Waals surface area contributed by atoms with Crippen molar-refractivity contribution in [3.63, 3.8) is 0 Å². The number of allylic oxidation sites excluding steroid dienone is 3. The first-order valence-corrected chi connectivity index (χ1v) is 20.2. The molecule has 272 valence electrons. The molecule has 0 amide bonds. The molecule has 1 heterocycles. The van der Waals surface area contributed by atoms with Crippen molar-refractivity contribution in [1.29, 1.82) is 0 Å². The van der Waals surface area contributed by atoms with Crippen LogP contribution in [0.4, 0.5) is 11.4 Å². The van der Waals surface area contributed by atoms with Gasteiger partial charge in [0.15, 0.2) is 0 Å². The van der Waals surface area contributed by atoms with Crippen molar-refractivity contribution in [3.8, 4) is 11.1 Å². The summed E-state index contributed by atoms with van der Waals surface area (Å²) in [5, 5.41) is 14.9. The monoisotopic (exact) mass is 739 g/mol. The summed E-state index contributed by atoms with van der Waals surface area (Å²) in [7, 11) is 0. The van der Waals surface area contributed by atoms with Gasteiger partial charge >= 0.3 is 0 Å². The predicted molar refractivity (Wildman–Crippen MR) is 246 cm³/mol. The summed E-state index contributed by atoms with van der Waals surface area (Å²) >= 11 is 0. The molecule has 1 aliphatic rings. The summed E-state index contributed by atoms with van der Waals surface area (Å²) in [6, 6.07) is 68.6. The van der Waals surface area contributed by atoms with E-state index in [9.17, 15) is 0 Å². The number of fused-ring (bicyclic) bond motifs is 10. The zero-order valence-corrected chi connectivity index (χ0v) is 31.8. The summed E-state index contributed by atoms with van der Waals surface area (Å²) in [6.07, 6.45) is 8.12. The Morgan fingerprint density at radius 1 is 0.414 bits per heavy atom. The highest BCUT2D eigenvalue weighted by atomic mass is 16.3. The zero-order chi connectivity index (χ0) is 38.2. The fraction of sp³-hybridized carbons (Fsp3) is 0.0357. The minimum atomic E-state index is 0.250. The van der Waals surface area contributed by atoms with Crippen molar-refractivity contribution in [2.75, 3.05) is 4.90 Å². The van der Waals surface area contributed by atoms with Crippen molar-refractivity contribution in [3.05, 3.63) is 218 Å². The Morgan fingerprint density at radius 2 is 1.05 bits per heavy atom. The second-order valence-electron chi connectivity index (χ2n) is 15.6. The van der Waals surface area contributed by atoms with E-state index in [2.05, 4.69) is 211 Å². The van der Waals surface area contributed by atoms with Crippen molar-refractivity contribution in [2.24, 2.45) is 0 Å². The summed E-state index contributed by atoms with van der Waals surface area (Å²) in [4.78, 5) is 2.49. The third-order valence-electron chi connectivity index (χ3n) is 12.3. The molecule has 0 radical (unpaired) electrons. The summed E-state index contributed by atoms with van der Waals surface area (Å²) in [6.45, 7) is 0. The van der Waals surface area contributed by atoms with E-state index < -0.39 is 0 Å². The third-order valence-corrected chi connectivity index (χ3v) is 12.3. The van der Waals surface area contributed by atoms with E-state index in [1.165, 1.54) is 59.4 Å². The average molecular weight is 740 g/mol. The Bertz CT molecular complexity index is 3510. The molecule has 58 heavy (non-hydrogen) atoms. The SMILES string of the molecule is C1=CC(c2cc3ccccc3c3ccccc23)CC=C1N(c1ccccc1-c1ccc2oc3cc4ccccc4cc3c2c1)c1cccc2c1ccc1ccccc12. The Morgan fingerprint density at radius 3 is 1.88 bits per heavy atom. The van der Waals surface area contributed by atoms with Crippen LogP contribution in [0.3, 0.4) is 0 Å². The highest BCUT2D eigenvalue weighted by molar-refractivity contribution is 6.14. The number of benzene rings is 10. The number of nitrogens with zero attached hydrogens (tertiary/aromatic N) is 1. The van der Waals surface area contributed by atoms with E-state index >= 15 is 0 Å². The number of anilines is 2. The highest BCUT2D eigenvalue weighted by Crippen LogP contribution is 2.45. The first-order chi connectivity index (χ1) is 28.7. The molecular formula is C56H37NO. The van der Waals surface area contributed by atoms with Gasteiger partial charge in [0.1, 0.15) is 11.2 Å². The van der Waals surface area contributed by atoms with E-state index in [4.69, 9.17) is 4.42 Å². The molecule has 0 spiro atoms. The van der Waals surface area contributed by atoms with Crippen LogP contribution in [-0.2, 0) is 0 Å². The van der Waals surface area contributed by atoms with Crippen molar-refractivity contribution in [1.82, 2.24) is 0 Å². The average Bonchev–Trinajstić information content (AvgIpc) is 3.65. The highest BCUT2D eigenvalue weighted by Gasteiger charge is 2.24. The standard InChI is InChI=1S/C56H37NO/c1-2-14-39-35-56-52(32-38(39)13-1)51-34-41(27-31-55(51)58-56)45-18-9-10-22-53(45)57(54-23-11-21-47-43-16-5-3-12-36(43)26-30-49(47)54)42-28-24-37(25-29-42)50-33-40-15-4-6-17-44(40)46-19-7-8-20-48(46)50/h1-24,26-35,37H,25H2. The Hall–Kier alpha value is -7.42. The molecule has 10 aromatic carbocycles. The van der Waals surface area contributed by atoms with Gasteiger partial charge in [0, 0.05) is 33.3 Å².